The molecule has 1 heterocycles. The Bertz CT molecular complexity index is 1150. The van der Waals surface area contributed by atoms with Crippen molar-refractivity contribution in [2.45, 2.75) is 23.3 Å². The first-order chi connectivity index (χ1) is 14.9. The zero-order valence-corrected chi connectivity index (χ0v) is 19.5. The second-order valence-electron chi connectivity index (χ2n) is 6.63. The van der Waals surface area contributed by atoms with Gasteiger partial charge in [-0.2, -0.15) is 0 Å². The second kappa shape index (κ2) is 10.3. The number of ether oxygens (including phenoxy) is 1. The van der Waals surface area contributed by atoms with E-state index in [4.69, 9.17) is 4.74 Å². The van der Waals surface area contributed by atoms with Crippen LogP contribution < -0.4 is 9.04 Å². The average Bonchev–Trinajstić information content (AvgIpc) is 3.26. The lowest BCUT2D eigenvalue weighted by molar-refractivity contribution is 0.100. The molecule has 0 unspecified atom stereocenters. The topological polar surface area (TPSA) is 63.7 Å². The lowest BCUT2D eigenvalue weighted by Crippen LogP contribution is -2.38. The van der Waals surface area contributed by atoms with Gasteiger partial charge in [0.05, 0.1) is 22.8 Å². The average molecular weight is 480 g/mol. The number of nitrogens with zero attached hydrogens (tertiary/aromatic N) is 1. The molecule has 3 rings (SSSR count). The summed E-state index contributed by atoms with van der Waals surface area (Å²) in [5.41, 5.74) is 1.05. The number of carbonyl (C=O) groups excluding carboxylic acids is 1. The zero-order valence-electron chi connectivity index (χ0n) is 17.1. The molecular formula is C22H22FNO4S3. The van der Waals surface area contributed by atoms with E-state index in [1.807, 2.05) is 23.6 Å². The van der Waals surface area contributed by atoms with E-state index in [1.165, 1.54) is 19.2 Å². The summed E-state index contributed by atoms with van der Waals surface area (Å²) in [6.07, 6.45) is 0.322. The summed E-state index contributed by atoms with van der Waals surface area (Å²) in [6, 6.07) is 14.5. The van der Waals surface area contributed by atoms with Gasteiger partial charge in [0.2, 0.25) is 10.0 Å². The molecule has 164 valence electrons. The molecule has 0 aliphatic rings. The third kappa shape index (κ3) is 5.66. The number of halogens is 1. The largest absolute Gasteiger partial charge is 0.494 e. The summed E-state index contributed by atoms with van der Waals surface area (Å²) in [4.78, 5) is 13.3. The molecule has 0 saturated heterocycles. The van der Waals surface area contributed by atoms with Crippen molar-refractivity contribution in [3.05, 3.63) is 76.9 Å². The Morgan fingerprint density at radius 2 is 1.97 bits per heavy atom. The van der Waals surface area contributed by atoms with E-state index in [-0.39, 0.29) is 22.8 Å². The Morgan fingerprint density at radius 1 is 1.16 bits per heavy atom. The Labute approximate surface area is 189 Å². The van der Waals surface area contributed by atoms with Crippen LogP contribution in [0.15, 0.2) is 64.2 Å². The van der Waals surface area contributed by atoms with E-state index < -0.39 is 21.7 Å². The fourth-order valence-corrected chi connectivity index (χ4v) is 6.17. The van der Waals surface area contributed by atoms with Crippen molar-refractivity contribution in [1.82, 2.24) is 0 Å². The van der Waals surface area contributed by atoms with Crippen molar-refractivity contribution in [2.24, 2.45) is 0 Å². The number of anilines is 1. The minimum absolute atomic E-state index is 0.0309. The van der Waals surface area contributed by atoms with Crippen LogP contribution in [0, 0.1) is 5.82 Å². The van der Waals surface area contributed by atoms with E-state index in [0.717, 1.165) is 15.8 Å². The van der Waals surface area contributed by atoms with Crippen LogP contribution in [0.4, 0.5) is 10.1 Å². The van der Waals surface area contributed by atoms with Crippen molar-refractivity contribution >= 4 is 44.7 Å². The first-order valence-electron chi connectivity index (χ1n) is 9.52. The molecule has 0 N–H and O–H groups in total. The standard InChI is InChI=1S/C22H22FNO4S3/c1-3-12-31(26,27)24(18-9-10-20(28-2)19(23)14-18)22(25)17-7-4-6-16(13-17)15-30-21-8-5-11-29-21/h4-11,13-14H,3,12,15H2,1-2H3. The number of thiophene rings is 1. The minimum atomic E-state index is -4.00. The number of methoxy groups -OCH3 is 1. The normalized spacial score (nSPS) is 11.3. The Balaban J connectivity index is 1.95. The van der Waals surface area contributed by atoms with Gasteiger partial charge in [-0.05, 0) is 47.7 Å². The Morgan fingerprint density at radius 3 is 2.61 bits per heavy atom. The van der Waals surface area contributed by atoms with Gasteiger partial charge in [-0.15, -0.1) is 23.1 Å². The first kappa shape index (κ1) is 23.3. The van der Waals surface area contributed by atoms with Crippen LogP contribution in [-0.4, -0.2) is 27.2 Å². The van der Waals surface area contributed by atoms with Crippen LogP contribution in [-0.2, 0) is 15.8 Å². The highest BCUT2D eigenvalue weighted by atomic mass is 32.2. The van der Waals surface area contributed by atoms with Gasteiger partial charge >= 0.3 is 0 Å². The summed E-state index contributed by atoms with van der Waals surface area (Å²) < 4.78 is 46.9. The van der Waals surface area contributed by atoms with Crippen molar-refractivity contribution in [3.63, 3.8) is 0 Å². The number of amides is 1. The highest BCUT2D eigenvalue weighted by molar-refractivity contribution is 8.00. The molecule has 0 fully saturated rings. The number of hydrogen-bond acceptors (Lipinski definition) is 6. The maximum Gasteiger partial charge on any atom is 0.272 e. The van der Waals surface area contributed by atoms with Crippen molar-refractivity contribution in [1.29, 1.82) is 0 Å². The summed E-state index contributed by atoms with van der Waals surface area (Å²) in [5.74, 6) is -1.09. The molecule has 31 heavy (non-hydrogen) atoms. The van der Waals surface area contributed by atoms with Gasteiger partial charge < -0.3 is 4.74 Å². The molecule has 0 aliphatic heterocycles. The number of sulfonamides is 1. The van der Waals surface area contributed by atoms with E-state index in [9.17, 15) is 17.6 Å². The van der Waals surface area contributed by atoms with Crippen LogP contribution >= 0.6 is 23.1 Å². The second-order valence-corrected chi connectivity index (χ2v) is 10.8. The highest BCUT2D eigenvalue weighted by Crippen LogP contribution is 2.29. The number of carbonyl (C=O) groups is 1. The molecule has 0 atom stereocenters. The first-order valence-corrected chi connectivity index (χ1v) is 13.0. The van der Waals surface area contributed by atoms with Gasteiger partial charge in [-0.25, -0.2) is 17.1 Å². The molecule has 0 radical (unpaired) electrons. The fraction of sp³-hybridized carbons (Fsp3) is 0.227. The number of hydrogen-bond donors (Lipinski definition) is 0. The molecule has 0 saturated carbocycles. The van der Waals surface area contributed by atoms with Crippen LogP contribution in [0.2, 0.25) is 0 Å². The van der Waals surface area contributed by atoms with Gasteiger partial charge in [0.25, 0.3) is 5.91 Å². The molecule has 2 aromatic carbocycles. The Kier molecular flexibility index (Phi) is 7.74. The molecule has 9 heteroatoms. The monoisotopic (exact) mass is 479 g/mol. The molecule has 0 bridgehead atoms. The molecule has 0 spiro atoms. The van der Waals surface area contributed by atoms with Crippen LogP contribution in [0.25, 0.3) is 0 Å². The molecule has 3 aromatic rings. The van der Waals surface area contributed by atoms with Gasteiger partial charge in [-0.3, -0.25) is 4.79 Å². The van der Waals surface area contributed by atoms with Crippen molar-refractivity contribution < 1.29 is 22.3 Å². The van der Waals surface area contributed by atoms with Crippen LogP contribution in [0.1, 0.15) is 29.3 Å². The van der Waals surface area contributed by atoms with Crippen molar-refractivity contribution in [2.75, 3.05) is 17.2 Å². The Hall–Kier alpha value is -2.36. The predicted octanol–water partition coefficient (Wildman–Crippen LogP) is 5.57. The fourth-order valence-electron chi connectivity index (χ4n) is 2.95. The quantitative estimate of drug-likeness (QED) is 0.375. The van der Waals surface area contributed by atoms with Gasteiger partial charge in [0, 0.05) is 17.4 Å². The number of thioether (sulfide) groups is 1. The maximum absolute atomic E-state index is 14.3. The third-order valence-electron chi connectivity index (χ3n) is 4.34. The molecule has 5 nitrogen and oxygen atoms in total. The summed E-state index contributed by atoms with van der Waals surface area (Å²) in [7, 11) is -2.68. The van der Waals surface area contributed by atoms with Gasteiger partial charge in [0.15, 0.2) is 11.6 Å². The number of benzene rings is 2. The van der Waals surface area contributed by atoms with E-state index in [2.05, 4.69) is 0 Å². The molecular weight excluding hydrogens is 457 g/mol. The lowest BCUT2D eigenvalue weighted by Gasteiger charge is -2.23. The van der Waals surface area contributed by atoms with E-state index in [0.29, 0.717) is 16.5 Å². The lowest BCUT2D eigenvalue weighted by atomic mass is 10.1. The summed E-state index contributed by atoms with van der Waals surface area (Å²) in [6.45, 7) is 1.71. The van der Waals surface area contributed by atoms with Crippen molar-refractivity contribution in [3.8, 4) is 5.75 Å². The van der Waals surface area contributed by atoms with E-state index >= 15 is 0 Å². The van der Waals surface area contributed by atoms with Crippen LogP contribution in [0.3, 0.4) is 0 Å². The summed E-state index contributed by atoms with van der Waals surface area (Å²) in [5, 5.41) is 1.99. The SMILES string of the molecule is CCCS(=O)(=O)N(C(=O)c1cccc(CSc2cccs2)c1)c1ccc(OC)c(F)c1. The molecule has 1 aromatic heterocycles. The number of rotatable bonds is 9. The summed E-state index contributed by atoms with van der Waals surface area (Å²) >= 11 is 3.27. The van der Waals surface area contributed by atoms with Gasteiger partial charge in [0.1, 0.15) is 0 Å². The zero-order chi connectivity index (χ0) is 22.4. The minimum Gasteiger partial charge on any atom is -0.494 e. The predicted molar refractivity (Wildman–Crippen MR) is 124 cm³/mol. The molecule has 1 amide bonds. The van der Waals surface area contributed by atoms with Crippen LogP contribution in [0.5, 0.6) is 5.75 Å². The molecule has 0 aliphatic carbocycles. The maximum atomic E-state index is 14.3. The van der Waals surface area contributed by atoms with E-state index in [1.54, 1.807) is 48.2 Å². The smallest absolute Gasteiger partial charge is 0.272 e. The third-order valence-corrected chi connectivity index (χ3v) is 8.40. The highest BCUT2D eigenvalue weighted by Gasteiger charge is 2.30. The van der Waals surface area contributed by atoms with Gasteiger partial charge in [-0.1, -0.05) is 25.1 Å².